The number of ether oxygens (including phenoxy) is 1. The van der Waals surface area contributed by atoms with E-state index in [-0.39, 0.29) is 6.61 Å². The third-order valence-corrected chi connectivity index (χ3v) is 2.02. The number of halogens is 2. The first-order valence-corrected chi connectivity index (χ1v) is 4.05. The molecule has 0 bridgehead atoms. The molecule has 74 valence electrons. The Morgan fingerprint density at radius 1 is 1.36 bits per heavy atom. The van der Waals surface area contributed by atoms with Gasteiger partial charge in [0.25, 0.3) is 0 Å². The highest BCUT2D eigenvalue weighted by Gasteiger charge is 2.24. The predicted octanol–water partition coefficient (Wildman–Crippen LogP) is 1.75. The normalized spacial score (nSPS) is 20.4. The third-order valence-electron chi connectivity index (χ3n) is 2.02. The van der Waals surface area contributed by atoms with Crippen LogP contribution in [0.25, 0.3) is 0 Å². The summed E-state index contributed by atoms with van der Waals surface area (Å²) >= 11 is 0. The van der Waals surface area contributed by atoms with Gasteiger partial charge in [-0.3, -0.25) is 0 Å². The molecule has 1 aliphatic rings. The minimum atomic E-state index is -0.927. The molecule has 0 radical (unpaired) electrons. The van der Waals surface area contributed by atoms with Gasteiger partial charge in [-0.2, -0.15) is 0 Å². The summed E-state index contributed by atoms with van der Waals surface area (Å²) in [6.07, 6.45) is -0.542. The summed E-state index contributed by atoms with van der Waals surface area (Å²) in [7, 11) is 0. The van der Waals surface area contributed by atoms with Crippen LogP contribution in [0.5, 0.6) is 0 Å². The van der Waals surface area contributed by atoms with Gasteiger partial charge in [-0.25, -0.2) is 13.6 Å². The van der Waals surface area contributed by atoms with Crippen LogP contribution in [0.2, 0.25) is 0 Å². The van der Waals surface area contributed by atoms with E-state index < -0.39 is 23.8 Å². The molecule has 0 saturated carbocycles. The van der Waals surface area contributed by atoms with Crippen LogP contribution in [0.3, 0.4) is 0 Å². The van der Waals surface area contributed by atoms with Crippen molar-refractivity contribution < 1.29 is 18.3 Å². The van der Waals surface area contributed by atoms with Gasteiger partial charge in [-0.15, -0.1) is 0 Å². The van der Waals surface area contributed by atoms with Crippen LogP contribution in [-0.4, -0.2) is 12.7 Å². The molecule has 1 amide bonds. The lowest BCUT2D eigenvalue weighted by Crippen LogP contribution is -2.18. The van der Waals surface area contributed by atoms with Crippen LogP contribution in [0, 0.1) is 11.6 Å². The Labute approximate surface area is 78.7 Å². The highest BCUT2D eigenvalue weighted by Crippen LogP contribution is 2.19. The molecule has 1 aliphatic heterocycles. The lowest BCUT2D eigenvalue weighted by molar-refractivity contribution is 0.177. The van der Waals surface area contributed by atoms with E-state index in [1.807, 2.05) is 0 Å². The second kappa shape index (κ2) is 3.25. The summed E-state index contributed by atoms with van der Waals surface area (Å²) < 4.78 is 30.0. The van der Waals surface area contributed by atoms with Crippen LogP contribution in [0.1, 0.15) is 11.6 Å². The molecule has 0 aliphatic carbocycles. The summed E-state index contributed by atoms with van der Waals surface area (Å²) in [5.74, 6) is -1.83. The van der Waals surface area contributed by atoms with Crippen molar-refractivity contribution >= 4 is 6.09 Å². The molecule has 1 atom stereocenters. The van der Waals surface area contributed by atoms with Crippen molar-refractivity contribution in [3.8, 4) is 0 Å². The molecule has 1 N–H and O–H groups in total. The van der Waals surface area contributed by atoms with Gasteiger partial charge in [-0.05, 0) is 17.7 Å². The Kier molecular flexibility index (Phi) is 2.07. The van der Waals surface area contributed by atoms with E-state index in [1.165, 1.54) is 6.07 Å². The highest BCUT2D eigenvalue weighted by molar-refractivity contribution is 5.70. The van der Waals surface area contributed by atoms with Crippen molar-refractivity contribution in [1.29, 1.82) is 0 Å². The third kappa shape index (κ3) is 1.53. The molecule has 0 aromatic heterocycles. The number of carbonyl (C=O) groups excluding carboxylic acids is 1. The van der Waals surface area contributed by atoms with E-state index in [9.17, 15) is 13.6 Å². The van der Waals surface area contributed by atoms with Gasteiger partial charge in [0.05, 0.1) is 6.04 Å². The maximum atomic E-state index is 12.8. The van der Waals surface area contributed by atoms with Crippen molar-refractivity contribution in [2.75, 3.05) is 6.61 Å². The SMILES string of the molecule is O=C1N[C@@H](c2ccc(F)c(F)c2)CO1. The van der Waals surface area contributed by atoms with E-state index in [1.54, 1.807) is 0 Å². The maximum Gasteiger partial charge on any atom is 0.407 e. The van der Waals surface area contributed by atoms with Crippen molar-refractivity contribution in [3.63, 3.8) is 0 Å². The van der Waals surface area contributed by atoms with Crippen LogP contribution in [0.4, 0.5) is 13.6 Å². The first kappa shape index (κ1) is 8.93. The zero-order chi connectivity index (χ0) is 10.1. The number of nitrogens with one attached hydrogen (secondary N) is 1. The van der Waals surface area contributed by atoms with Gasteiger partial charge >= 0.3 is 6.09 Å². The molecule has 3 nitrogen and oxygen atoms in total. The summed E-state index contributed by atoms with van der Waals surface area (Å²) in [5, 5.41) is 2.47. The van der Waals surface area contributed by atoms with Gasteiger partial charge in [0, 0.05) is 0 Å². The van der Waals surface area contributed by atoms with Gasteiger partial charge in [0.1, 0.15) is 6.61 Å². The Bertz CT molecular complexity index is 381. The molecule has 5 heteroatoms. The Morgan fingerprint density at radius 3 is 2.71 bits per heavy atom. The first-order valence-electron chi connectivity index (χ1n) is 4.05. The number of rotatable bonds is 1. The number of carbonyl (C=O) groups is 1. The Morgan fingerprint density at radius 2 is 2.14 bits per heavy atom. The monoisotopic (exact) mass is 199 g/mol. The number of hydrogen-bond donors (Lipinski definition) is 1. The number of benzene rings is 1. The largest absolute Gasteiger partial charge is 0.447 e. The van der Waals surface area contributed by atoms with E-state index in [4.69, 9.17) is 0 Å². The number of hydrogen-bond acceptors (Lipinski definition) is 2. The fourth-order valence-corrected chi connectivity index (χ4v) is 1.29. The summed E-state index contributed by atoms with van der Waals surface area (Å²) in [6.45, 7) is 0.143. The van der Waals surface area contributed by atoms with Crippen molar-refractivity contribution in [3.05, 3.63) is 35.4 Å². The van der Waals surface area contributed by atoms with Crippen LogP contribution in [0.15, 0.2) is 18.2 Å². The molecule has 1 aromatic rings. The molecule has 1 fully saturated rings. The van der Waals surface area contributed by atoms with Crippen LogP contribution < -0.4 is 5.32 Å². The lowest BCUT2D eigenvalue weighted by atomic mass is 10.1. The van der Waals surface area contributed by atoms with Crippen molar-refractivity contribution in [2.45, 2.75) is 6.04 Å². The summed E-state index contributed by atoms with van der Waals surface area (Å²) in [6, 6.07) is 3.10. The zero-order valence-electron chi connectivity index (χ0n) is 7.09. The molecule has 0 unspecified atom stereocenters. The number of cyclic esters (lactones) is 1. The Balaban J connectivity index is 2.24. The fraction of sp³-hybridized carbons (Fsp3) is 0.222. The van der Waals surface area contributed by atoms with E-state index >= 15 is 0 Å². The van der Waals surface area contributed by atoms with Crippen molar-refractivity contribution in [2.24, 2.45) is 0 Å². The molecular formula is C9H7F2NO2. The second-order valence-corrected chi connectivity index (χ2v) is 2.97. The van der Waals surface area contributed by atoms with Gasteiger partial charge < -0.3 is 10.1 Å². The summed E-state index contributed by atoms with van der Waals surface area (Å²) in [5.41, 5.74) is 0.495. The molecule has 0 spiro atoms. The van der Waals surface area contributed by atoms with Gasteiger partial charge in [-0.1, -0.05) is 6.07 Å². The number of alkyl carbamates (subject to hydrolysis) is 1. The topological polar surface area (TPSA) is 38.3 Å². The van der Waals surface area contributed by atoms with Crippen LogP contribution in [-0.2, 0) is 4.74 Å². The van der Waals surface area contributed by atoms with Gasteiger partial charge in [0.15, 0.2) is 11.6 Å². The minimum Gasteiger partial charge on any atom is -0.447 e. The zero-order valence-corrected chi connectivity index (χ0v) is 7.09. The van der Waals surface area contributed by atoms with Crippen LogP contribution >= 0.6 is 0 Å². The highest BCUT2D eigenvalue weighted by atomic mass is 19.2. The molecule has 14 heavy (non-hydrogen) atoms. The van der Waals surface area contributed by atoms with E-state index in [2.05, 4.69) is 10.1 Å². The Hall–Kier alpha value is -1.65. The minimum absolute atomic E-state index is 0.143. The number of amides is 1. The van der Waals surface area contributed by atoms with E-state index in [0.29, 0.717) is 5.56 Å². The summed E-state index contributed by atoms with van der Waals surface area (Å²) in [4.78, 5) is 10.7. The predicted molar refractivity (Wildman–Crippen MR) is 43.6 cm³/mol. The smallest absolute Gasteiger partial charge is 0.407 e. The molecular weight excluding hydrogens is 192 g/mol. The molecule has 1 aromatic carbocycles. The average Bonchev–Trinajstić information content (AvgIpc) is 2.57. The molecule has 2 rings (SSSR count). The first-order chi connectivity index (χ1) is 6.66. The average molecular weight is 199 g/mol. The fourth-order valence-electron chi connectivity index (χ4n) is 1.29. The molecule has 1 heterocycles. The quantitative estimate of drug-likeness (QED) is 0.748. The molecule has 1 saturated heterocycles. The van der Waals surface area contributed by atoms with Gasteiger partial charge in [0.2, 0.25) is 0 Å². The van der Waals surface area contributed by atoms with E-state index in [0.717, 1.165) is 12.1 Å². The second-order valence-electron chi connectivity index (χ2n) is 2.97. The van der Waals surface area contributed by atoms with Crippen molar-refractivity contribution in [1.82, 2.24) is 5.32 Å². The standard InChI is InChI=1S/C9H7F2NO2/c10-6-2-1-5(3-7(6)11)8-4-14-9(13)12-8/h1-3,8H,4H2,(H,12,13)/t8-/m1/s1. The maximum absolute atomic E-state index is 12.8. The lowest BCUT2D eigenvalue weighted by Gasteiger charge is -2.07.